The standard InChI is InChI=1S/C24H16N.C5H5NO3S.Ir/c1-24(2)18-12-6-5-10-17(18)23-22(24)21-16-9-4-3-8-14(16)15-11-7-13-19(25-23)20(15)21;7-10(8,9)5-3-1-2-4-6-5;/h3-9,11-13H,1-2H3;1-4H,(H,7,8,9);/q-1;;. The molecule has 2 heterocycles. The van der Waals surface area contributed by atoms with E-state index >= 15 is 0 Å². The Kier molecular flexibility index (Phi) is 5.92. The Morgan fingerprint density at radius 1 is 0.861 bits per heavy atom. The largest absolute Gasteiger partial charge is 0.312 e. The molecule has 1 N–H and O–H groups in total. The molecule has 0 bridgehead atoms. The van der Waals surface area contributed by atoms with Crippen molar-refractivity contribution >= 4 is 21.0 Å². The minimum atomic E-state index is -4.11. The zero-order chi connectivity index (χ0) is 24.4. The molecule has 1 radical (unpaired) electrons. The summed E-state index contributed by atoms with van der Waals surface area (Å²) in [6, 6.07) is 29.3. The Bertz CT molecular complexity index is 1750. The number of nitrogens with zero attached hydrogens (tertiary/aromatic N) is 2. The molecule has 0 unspecified atom stereocenters. The summed E-state index contributed by atoms with van der Waals surface area (Å²) in [4.78, 5) is 8.52. The number of fused-ring (bicyclic) bond motifs is 7. The quantitative estimate of drug-likeness (QED) is 0.164. The van der Waals surface area contributed by atoms with Crippen molar-refractivity contribution in [3.8, 4) is 33.5 Å². The van der Waals surface area contributed by atoms with E-state index in [1.54, 1.807) is 6.07 Å². The second-order valence-electron chi connectivity index (χ2n) is 9.18. The molecular formula is C29H21IrN2O3S-. The first kappa shape index (κ1) is 24.5. The topological polar surface area (TPSA) is 80.2 Å². The molecule has 0 saturated heterocycles. The minimum absolute atomic E-state index is 0. The molecule has 2 aromatic heterocycles. The van der Waals surface area contributed by atoms with Gasteiger partial charge in [-0.25, -0.2) is 4.98 Å². The van der Waals surface area contributed by atoms with Crippen molar-refractivity contribution in [2.45, 2.75) is 24.3 Å². The predicted octanol–water partition coefficient (Wildman–Crippen LogP) is 6.31. The van der Waals surface area contributed by atoms with Gasteiger partial charge in [-0.2, -0.15) is 8.42 Å². The molecule has 2 aliphatic carbocycles. The smallest absolute Gasteiger partial charge is 0.296 e. The van der Waals surface area contributed by atoms with Crippen molar-refractivity contribution in [2.75, 3.05) is 0 Å². The third kappa shape index (κ3) is 3.62. The molecule has 2 aliphatic rings. The fraction of sp³-hybridized carbons (Fsp3) is 0.103. The van der Waals surface area contributed by atoms with Crippen molar-refractivity contribution in [3.63, 3.8) is 0 Å². The number of pyridine rings is 2. The summed E-state index contributed by atoms with van der Waals surface area (Å²) >= 11 is 0. The van der Waals surface area contributed by atoms with E-state index in [0.717, 1.165) is 16.8 Å². The molecule has 0 saturated carbocycles. The molecule has 181 valence electrons. The van der Waals surface area contributed by atoms with Crippen LogP contribution in [0.4, 0.5) is 0 Å². The van der Waals surface area contributed by atoms with Crippen molar-refractivity contribution < 1.29 is 33.1 Å². The van der Waals surface area contributed by atoms with Gasteiger partial charge >= 0.3 is 10.1 Å². The van der Waals surface area contributed by atoms with Gasteiger partial charge in [0.2, 0.25) is 0 Å². The summed E-state index contributed by atoms with van der Waals surface area (Å²) < 4.78 is 29.1. The second kappa shape index (κ2) is 8.71. The van der Waals surface area contributed by atoms with Crippen molar-refractivity contribution in [3.05, 3.63) is 102 Å². The fourth-order valence-corrected chi connectivity index (χ4v) is 5.77. The Balaban J connectivity index is 0.000000207. The minimum Gasteiger partial charge on any atom is -0.296 e. The second-order valence-corrected chi connectivity index (χ2v) is 10.6. The Morgan fingerprint density at radius 2 is 1.58 bits per heavy atom. The molecule has 0 spiro atoms. The van der Waals surface area contributed by atoms with E-state index in [1.165, 1.54) is 57.1 Å². The van der Waals surface area contributed by atoms with Crippen LogP contribution in [0.15, 0.2) is 90.1 Å². The Labute approximate surface area is 223 Å². The molecule has 7 rings (SSSR count). The van der Waals surface area contributed by atoms with E-state index < -0.39 is 10.1 Å². The molecule has 0 atom stereocenters. The van der Waals surface area contributed by atoms with Crippen molar-refractivity contribution in [1.29, 1.82) is 0 Å². The average molecular weight is 670 g/mol. The van der Waals surface area contributed by atoms with Gasteiger partial charge in [-0.3, -0.25) is 9.54 Å². The maximum absolute atomic E-state index is 10.3. The maximum atomic E-state index is 10.3. The van der Waals surface area contributed by atoms with Gasteiger partial charge in [0.15, 0.2) is 5.03 Å². The van der Waals surface area contributed by atoms with Crippen LogP contribution >= 0.6 is 0 Å². The van der Waals surface area contributed by atoms with Gasteiger partial charge in [-0.15, -0.1) is 35.4 Å². The van der Waals surface area contributed by atoms with Crippen LogP contribution in [0.2, 0.25) is 0 Å². The molecule has 0 amide bonds. The van der Waals surface area contributed by atoms with Gasteiger partial charge in [0, 0.05) is 31.7 Å². The first-order chi connectivity index (χ1) is 16.8. The van der Waals surface area contributed by atoms with Gasteiger partial charge in [0.25, 0.3) is 0 Å². The van der Waals surface area contributed by atoms with E-state index in [-0.39, 0.29) is 30.5 Å². The molecule has 0 fully saturated rings. The third-order valence-electron chi connectivity index (χ3n) is 6.79. The molecular weight excluding hydrogens is 649 g/mol. The Hall–Kier alpha value is -3.22. The zero-order valence-electron chi connectivity index (χ0n) is 19.5. The third-order valence-corrected chi connectivity index (χ3v) is 7.56. The van der Waals surface area contributed by atoms with Crippen LogP contribution < -0.4 is 0 Å². The van der Waals surface area contributed by atoms with Crippen LogP contribution in [0.5, 0.6) is 0 Å². The summed E-state index contributed by atoms with van der Waals surface area (Å²) in [5.41, 5.74) is 11.3. The van der Waals surface area contributed by atoms with Gasteiger partial charge in [-0.05, 0) is 51.6 Å². The van der Waals surface area contributed by atoms with Crippen LogP contribution in [-0.2, 0) is 35.6 Å². The van der Waals surface area contributed by atoms with Crippen LogP contribution in [0.25, 0.3) is 44.4 Å². The normalized spacial score (nSPS) is 13.6. The molecule has 36 heavy (non-hydrogen) atoms. The number of hydrogen-bond acceptors (Lipinski definition) is 4. The van der Waals surface area contributed by atoms with Crippen LogP contribution in [0, 0.1) is 6.07 Å². The van der Waals surface area contributed by atoms with Crippen LogP contribution in [-0.4, -0.2) is 22.9 Å². The van der Waals surface area contributed by atoms with Crippen molar-refractivity contribution in [2.24, 2.45) is 0 Å². The fourth-order valence-electron chi connectivity index (χ4n) is 5.32. The maximum Gasteiger partial charge on any atom is 0.312 e. The van der Waals surface area contributed by atoms with E-state index in [9.17, 15) is 8.42 Å². The van der Waals surface area contributed by atoms with Gasteiger partial charge in [0.1, 0.15) is 0 Å². The average Bonchev–Trinajstić information content (AvgIpc) is 3.31. The van der Waals surface area contributed by atoms with Crippen LogP contribution in [0.1, 0.15) is 25.0 Å². The number of rotatable bonds is 1. The molecule has 5 nitrogen and oxygen atoms in total. The first-order valence-corrected chi connectivity index (χ1v) is 12.7. The summed E-state index contributed by atoms with van der Waals surface area (Å²) in [6.07, 6.45) is 1.29. The summed E-state index contributed by atoms with van der Waals surface area (Å²) in [7, 11) is -4.11. The summed E-state index contributed by atoms with van der Waals surface area (Å²) in [5, 5.41) is 0.985. The predicted molar refractivity (Wildman–Crippen MR) is 137 cm³/mol. The molecule has 0 aliphatic heterocycles. The first-order valence-electron chi connectivity index (χ1n) is 11.3. The van der Waals surface area contributed by atoms with Gasteiger partial charge in [-0.1, -0.05) is 61.9 Å². The summed E-state index contributed by atoms with van der Waals surface area (Å²) in [5.74, 6) is 0. The van der Waals surface area contributed by atoms with E-state index in [0.29, 0.717) is 0 Å². The zero-order valence-corrected chi connectivity index (χ0v) is 22.7. The van der Waals surface area contributed by atoms with E-state index in [2.05, 4.69) is 79.5 Å². The molecule has 7 heteroatoms. The SMILES string of the molecule is CC1(C)c2ccc[c-]c2-c2nc3cccc4c3c(c21)-c1ccccc1-4.O=S(=O)(O)c1ccccn1.[Ir]. The van der Waals surface area contributed by atoms with Crippen molar-refractivity contribution in [1.82, 2.24) is 9.97 Å². The number of hydrogen-bond donors (Lipinski definition) is 1. The molecule has 3 aromatic carbocycles. The Morgan fingerprint density at radius 3 is 2.28 bits per heavy atom. The van der Waals surface area contributed by atoms with Crippen LogP contribution in [0.3, 0.4) is 0 Å². The molecule has 5 aromatic rings. The monoisotopic (exact) mass is 670 g/mol. The van der Waals surface area contributed by atoms with E-state index in [4.69, 9.17) is 9.54 Å². The van der Waals surface area contributed by atoms with Gasteiger partial charge in [0.05, 0.1) is 5.52 Å². The number of aromatic nitrogens is 2. The van der Waals surface area contributed by atoms with E-state index in [1.807, 2.05) is 6.07 Å². The number of benzene rings is 3. The van der Waals surface area contributed by atoms with Gasteiger partial charge < -0.3 is 0 Å². The summed E-state index contributed by atoms with van der Waals surface area (Å²) in [6.45, 7) is 4.64.